The first-order chi connectivity index (χ1) is 12.6. The first kappa shape index (κ1) is 16.4. The molecule has 1 aliphatic carbocycles. The summed E-state index contributed by atoms with van der Waals surface area (Å²) in [6, 6.07) is 13.3. The van der Waals surface area contributed by atoms with Crippen molar-refractivity contribution in [2.75, 3.05) is 0 Å². The number of benzene rings is 1. The number of hydrogen-bond donors (Lipinski definition) is 0. The van der Waals surface area contributed by atoms with Gasteiger partial charge in [0.25, 0.3) is 0 Å². The van der Waals surface area contributed by atoms with Crippen LogP contribution in [0.4, 0.5) is 5.82 Å². The molecule has 130 valence electrons. The van der Waals surface area contributed by atoms with Crippen LogP contribution in [0.15, 0.2) is 66.4 Å². The predicted octanol–water partition coefficient (Wildman–Crippen LogP) is 4.23. The Kier molecular flexibility index (Phi) is 4.22. The van der Waals surface area contributed by atoms with Gasteiger partial charge in [0.05, 0.1) is 0 Å². The highest BCUT2D eigenvalue weighted by Crippen LogP contribution is 2.43. The molecule has 26 heavy (non-hydrogen) atoms. The van der Waals surface area contributed by atoms with E-state index in [4.69, 9.17) is 0 Å². The number of allylic oxidation sites excluding steroid dienone is 2. The Labute approximate surface area is 153 Å². The average Bonchev–Trinajstić information content (AvgIpc) is 3.34. The van der Waals surface area contributed by atoms with Gasteiger partial charge in [0.15, 0.2) is 5.78 Å². The van der Waals surface area contributed by atoms with Gasteiger partial charge < -0.3 is 10.1 Å². The Balaban J connectivity index is 1.77. The molecule has 0 aliphatic heterocycles. The summed E-state index contributed by atoms with van der Waals surface area (Å²) in [7, 11) is 0. The quantitative estimate of drug-likeness (QED) is 0.512. The molecule has 1 aromatic carbocycles. The van der Waals surface area contributed by atoms with E-state index in [1.807, 2.05) is 47.8 Å². The van der Waals surface area contributed by atoms with Crippen LogP contribution in [0.25, 0.3) is 5.57 Å². The first-order valence-electron chi connectivity index (χ1n) is 8.14. The Morgan fingerprint density at radius 1 is 1.19 bits per heavy atom. The van der Waals surface area contributed by atoms with Crippen molar-refractivity contribution in [2.24, 2.45) is 0 Å². The fourth-order valence-corrected chi connectivity index (χ4v) is 4.26. The van der Waals surface area contributed by atoms with Gasteiger partial charge in [0.1, 0.15) is 12.2 Å². The Hall–Kier alpha value is -3.06. The fraction of sp³-hybridized carbons (Fsp3) is 0.158. The fourth-order valence-electron chi connectivity index (χ4n) is 3.40. The molecule has 2 atom stereocenters. The van der Waals surface area contributed by atoms with Crippen molar-refractivity contribution >= 4 is 28.5 Å². The highest BCUT2D eigenvalue weighted by Gasteiger charge is 2.36. The van der Waals surface area contributed by atoms with Crippen molar-refractivity contribution in [2.45, 2.75) is 18.4 Å². The lowest BCUT2D eigenvalue weighted by atomic mass is 9.80. The van der Waals surface area contributed by atoms with Crippen molar-refractivity contribution < 1.29 is 9.72 Å². The Morgan fingerprint density at radius 2 is 2.00 bits per heavy atom. The van der Waals surface area contributed by atoms with E-state index in [2.05, 4.69) is 4.98 Å². The van der Waals surface area contributed by atoms with Crippen LogP contribution in [0.1, 0.15) is 28.8 Å². The van der Waals surface area contributed by atoms with Crippen LogP contribution in [0, 0.1) is 10.1 Å². The van der Waals surface area contributed by atoms with Crippen LogP contribution in [-0.2, 0) is 4.79 Å². The molecule has 7 heteroatoms. The minimum atomic E-state index is -0.546. The summed E-state index contributed by atoms with van der Waals surface area (Å²) < 4.78 is 1.57. The number of thiophene rings is 1. The Morgan fingerprint density at radius 3 is 2.65 bits per heavy atom. The monoisotopic (exact) mass is 365 g/mol. The van der Waals surface area contributed by atoms with Crippen molar-refractivity contribution in [1.82, 2.24) is 9.55 Å². The van der Waals surface area contributed by atoms with E-state index in [9.17, 15) is 14.9 Å². The second-order valence-corrected chi connectivity index (χ2v) is 7.12. The van der Waals surface area contributed by atoms with Crippen LogP contribution in [0.5, 0.6) is 0 Å². The summed E-state index contributed by atoms with van der Waals surface area (Å²) in [5, 5.41) is 12.9. The highest BCUT2D eigenvalue weighted by atomic mass is 32.1. The van der Waals surface area contributed by atoms with Gasteiger partial charge in [-0.2, -0.15) is 0 Å². The second-order valence-electron chi connectivity index (χ2n) is 6.15. The zero-order chi connectivity index (χ0) is 18.1. The molecule has 0 radical (unpaired) electrons. The maximum absolute atomic E-state index is 13.0. The normalized spacial score (nSPS) is 20.0. The van der Waals surface area contributed by atoms with Crippen LogP contribution >= 0.6 is 11.3 Å². The number of nitrogens with zero attached hydrogens (tertiary/aromatic N) is 3. The standard InChI is InChI=1S/C19H15N3O3S/c23-16-10-14(13-5-2-1-3-6-13)9-15(17-7-4-8-26-17)19(16)21-11-18(20-12-21)22(24)25/h1-8,10-12,15,19H,9H2/t15-,19-/m0/s1. The van der Waals surface area contributed by atoms with Gasteiger partial charge in [0, 0.05) is 10.8 Å². The number of imidazole rings is 1. The molecule has 0 unspecified atom stereocenters. The van der Waals surface area contributed by atoms with Crippen LogP contribution in [0.2, 0.25) is 0 Å². The zero-order valence-electron chi connectivity index (χ0n) is 13.7. The summed E-state index contributed by atoms with van der Waals surface area (Å²) in [6.45, 7) is 0. The SMILES string of the molecule is O=C1C=C(c2ccccc2)C[C@@H](c2cccs2)[C@@H]1n1cnc([N+](=O)[O-])c1. The molecule has 0 N–H and O–H groups in total. The van der Waals surface area contributed by atoms with Gasteiger partial charge in [0.2, 0.25) is 6.33 Å². The van der Waals surface area contributed by atoms with E-state index in [0.717, 1.165) is 16.0 Å². The first-order valence-corrected chi connectivity index (χ1v) is 9.02. The maximum atomic E-state index is 13.0. The minimum absolute atomic E-state index is 0.0687. The molecule has 0 bridgehead atoms. The number of rotatable bonds is 4. The number of hydrogen-bond acceptors (Lipinski definition) is 5. The summed E-state index contributed by atoms with van der Waals surface area (Å²) in [6.07, 6.45) is 5.07. The molecule has 0 amide bonds. The van der Waals surface area contributed by atoms with Gasteiger partial charge in [-0.25, -0.2) is 0 Å². The lowest BCUT2D eigenvalue weighted by molar-refractivity contribution is -0.389. The number of carbonyl (C=O) groups is 1. The molecular formula is C19H15N3O3S. The molecule has 4 rings (SSSR count). The van der Waals surface area contributed by atoms with E-state index < -0.39 is 11.0 Å². The second kappa shape index (κ2) is 6.68. The van der Waals surface area contributed by atoms with E-state index in [1.54, 1.807) is 22.0 Å². The zero-order valence-corrected chi connectivity index (χ0v) is 14.5. The average molecular weight is 365 g/mol. The summed E-state index contributed by atoms with van der Waals surface area (Å²) in [5.41, 5.74) is 2.01. The molecule has 3 aromatic rings. The van der Waals surface area contributed by atoms with Crippen LogP contribution in [0.3, 0.4) is 0 Å². The highest BCUT2D eigenvalue weighted by molar-refractivity contribution is 7.10. The van der Waals surface area contributed by atoms with Crippen molar-refractivity contribution in [3.63, 3.8) is 0 Å². The lowest BCUT2D eigenvalue weighted by Gasteiger charge is -2.30. The molecule has 0 saturated heterocycles. The molecule has 2 heterocycles. The van der Waals surface area contributed by atoms with Crippen LogP contribution < -0.4 is 0 Å². The summed E-state index contributed by atoms with van der Waals surface area (Å²) in [4.78, 5) is 28.3. The summed E-state index contributed by atoms with van der Waals surface area (Å²) in [5.74, 6) is -0.405. The van der Waals surface area contributed by atoms with Gasteiger partial charge in [-0.15, -0.1) is 11.3 Å². The molecule has 0 saturated carbocycles. The largest absolute Gasteiger partial charge is 0.381 e. The number of carbonyl (C=O) groups excluding carboxylic acids is 1. The van der Waals surface area contributed by atoms with Gasteiger partial charge in [-0.3, -0.25) is 9.36 Å². The molecule has 6 nitrogen and oxygen atoms in total. The lowest BCUT2D eigenvalue weighted by Crippen LogP contribution is -2.27. The molecule has 0 fully saturated rings. The third-order valence-electron chi connectivity index (χ3n) is 4.58. The van der Waals surface area contributed by atoms with E-state index in [-0.39, 0.29) is 17.5 Å². The molecule has 1 aliphatic rings. The Bertz CT molecular complexity index is 977. The van der Waals surface area contributed by atoms with Gasteiger partial charge in [-0.05, 0) is 45.0 Å². The molecular weight excluding hydrogens is 350 g/mol. The van der Waals surface area contributed by atoms with Crippen molar-refractivity contribution in [3.8, 4) is 0 Å². The number of aromatic nitrogens is 2. The maximum Gasteiger partial charge on any atom is 0.381 e. The van der Waals surface area contributed by atoms with Gasteiger partial charge >= 0.3 is 5.82 Å². The van der Waals surface area contributed by atoms with Crippen molar-refractivity contribution in [1.29, 1.82) is 0 Å². The van der Waals surface area contributed by atoms with E-state index in [1.165, 1.54) is 12.5 Å². The third kappa shape index (κ3) is 2.97. The van der Waals surface area contributed by atoms with Crippen molar-refractivity contribution in [3.05, 3.63) is 87.0 Å². The third-order valence-corrected chi connectivity index (χ3v) is 5.58. The molecule has 2 aromatic heterocycles. The number of ketones is 1. The predicted molar refractivity (Wildman–Crippen MR) is 99.0 cm³/mol. The van der Waals surface area contributed by atoms with E-state index in [0.29, 0.717) is 6.42 Å². The smallest absolute Gasteiger partial charge is 0.358 e. The van der Waals surface area contributed by atoms with E-state index >= 15 is 0 Å². The minimum Gasteiger partial charge on any atom is -0.358 e. The number of nitro groups is 1. The topological polar surface area (TPSA) is 78.0 Å². The van der Waals surface area contributed by atoms with Gasteiger partial charge in [-0.1, -0.05) is 36.4 Å². The molecule has 0 spiro atoms. The van der Waals surface area contributed by atoms with Crippen LogP contribution in [-0.4, -0.2) is 20.3 Å². The summed E-state index contributed by atoms with van der Waals surface area (Å²) >= 11 is 1.59.